The third-order valence-electron chi connectivity index (χ3n) is 3.37. The number of rotatable bonds is 5. The quantitative estimate of drug-likeness (QED) is 0.859. The molecule has 0 radical (unpaired) electrons. The van der Waals surface area contributed by atoms with Crippen LogP contribution in [0, 0.1) is 11.7 Å². The van der Waals surface area contributed by atoms with Crippen molar-refractivity contribution >= 4 is 11.9 Å². The van der Waals surface area contributed by atoms with Crippen LogP contribution in [0.5, 0.6) is 5.75 Å². The molecule has 1 amide bonds. The standard InChI is InChI=1S/C14H16FNO4/c15-10-5-1-2-7-12(10)20-8-13(17)16-11-6-3-4-9(11)14(18)19/h1-2,5,7,9,11H,3-4,6,8H2,(H,16,17)(H,18,19). The number of hydrogen-bond donors (Lipinski definition) is 2. The highest BCUT2D eigenvalue weighted by Gasteiger charge is 2.33. The monoisotopic (exact) mass is 281 g/mol. The van der Waals surface area contributed by atoms with Crippen LogP contribution in [0.1, 0.15) is 19.3 Å². The number of benzene rings is 1. The first-order valence-electron chi connectivity index (χ1n) is 6.47. The van der Waals surface area contributed by atoms with Crippen LogP contribution >= 0.6 is 0 Å². The molecule has 0 spiro atoms. The number of carboxylic acids is 1. The molecule has 2 rings (SSSR count). The topological polar surface area (TPSA) is 75.6 Å². The van der Waals surface area contributed by atoms with Crippen LogP contribution in [-0.4, -0.2) is 29.6 Å². The minimum atomic E-state index is -0.900. The average Bonchev–Trinajstić information content (AvgIpc) is 2.86. The third kappa shape index (κ3) is 3.46. The molecule has 2 N–H and O–H groups in total. The van der Waals surface area contributed by atoms with Crippen LogP contribution in [0.4, 0.5) is 4.39 Å². The fourth-order valence-electron chi connectivity index (χ4n) is 2.38. The number of carboxylic acid groups (broad SMARTS) is 1. The first-order chi connectivity index (χ1) is 9.58. The molecular formula is C14H16FNO4. The van der Waals surface area contributed by atoms with Crippen LogP contribution in [-0.2, 0) is 9.59 Å². The Morgan fingerprint density at radius 3 is 2.80 bits per heavy atom. The second-order valence-corrected chi connectivity index (χ2v) is 4.77. The largest absolute Gasteiger partial charge is 0.481 e. The number of carbonyl (C=O) groups excluding carboxylic acids is 1. The smallest absolute Gasteiger partial charge is 0.308 e. The van der Waals surface area contributed by atoms with Crippen molar-refractivity contribution in [3.8, 4) is 5.75 Å². The van der Waals surface area contributed by atoms with E-state index < -0.39 is 23.6 Å². The first kappa shape index (κ1) is 14.3. The van der Waals surface area contributed by atoms with Gasteiger partial charge in [-0.15, -0.1) is 0 Å². The summed E-state index contributed by atoms with van der Waals surface area (Å²) in [5.74, 6) is -2.42. The van der Waals surface area contributed by atoms with Gasteiger partial charge in [0.25, 0.3) is 5.91 Å². The Morgan fingerprint density at radius 1 is 1.35 bits per heavy atom. The van der Waals surface area contributed by atoms with E-state index in [4.69, 9.17) is 9.84 Å². The zero-order valence-corrected chi connectivity index (χ0v) is 10.8. The van der Waals surface area contributed by atoms with Gasteiger partial charge in [-0.2, -0.15) is 0 Å². The summed E-state index contributed by atoms with van der Waals surface area (Å²) in [6.07, 6.45) is 1.98. The SMILES string of the molecule is O=C(COc1ccccc1F)NC1CCCC1C(=O)O. The number of aliphatic carboxylic acids is 1. The summed E-state index contributed by atoms with van der Waals surface area (Å²) >= 11 is 0. The Bertz CT molecular complexity index is 506. The van der Waals surface area contributed by atoms with E-state index in [2.05, 4.69) is 5.32 Å². The minimum absolute atomic E-state index is 0.00357. The Labute approximate surface area is 115 Å². The number of halogens is 1. The molecule has 0 aliphatic heterocycles. The summed E-state index contributed by atoms with van der Waals surface area (Å²) in [6.45, 7) is -0.330. The number of hydrogen-bond acceptors (Lipinski definition) is 3. The van der Waals surface area contributed by atoms with Crippen molar-refractivity contribution in [1.82, 2.24) is 5.32 Å². The molecule has 1 saturated carbocycles. The molecular weight excluding hydrogens is 265 g/mol. The Hall–Kier alpha value is -2.11. The Balaban J connectivity index is 1.84. The van der Waals surface area contributed by atoms with Crippen molar-refractivity contribution in [2.24, 2.45) is 5.92 Å². The van der Waals surface area contributed by atoms with Gasteiger partial charge in [0.1, 0.15) is 0 Å². The molecule has 1 aliphatic carbocycles. The molecule has 20 heavy (non-hydrogen) atoms. The summed E-state index contributed by atoms with van der Waals surface area (Å²) < 4.78 is 18.3. The van der Waals surface area contributed by atoms with Gasteiger partial charge in [-0.05, 0) is 25.0 Å². The molecule has 2 atom stereocenters. The van der Waals surface area contributed by atoms with Crippen molar-refractivity contribution in [1.29, 1.82) is 0 Å². The summed E-state index contributed by atoms with van der Waals surface area (Å²) in [5, 5.41) is 11.6. The van der Waals surface area contributed by atoms with Crippen molar-refractivity contribution in [2.75, 3.05) is 6.61 Å². The Morgan fingerprint density at radius 2 is 2.10 bits per heavy atom. The third-order valence-corrected chi connectivity index (χ3v) is 3.37. The van der Waals surface area contributed by atoms with Crippen molar-refractivity contribution in [2.45, 2.75) is 25.3 Å². The van der Waals surface area contributed by atoms with Crippen molar-refractivity contribution in [3.63, 3.8) is 0 Å². The van der Waals surface area contributed by atoms with E-state index in [9.17, 15) is 14.0 Å². The van der Waals surface area contributed by atoms with E-state index >= 15 is 0 Å². The molecule has 2 unspecified atom stereocenters. The lowest BCUT2D eigenvalue weighted by atomic mass is 10.0. The zero-order valence-electron chi connectivity index (χ0n) is 10.8. The summed E-state index contributed by atoms with van der Waals surface area (Å²) in [5.41, 5.74) is 0. The van der Waals surface area contributed by atoms with E-state index in [0.717, 1.165) is 6.42 Å². The zero-order chi connectivity index (χ0) is 14.5. The number of carbonyl (C=O) groups is 2. The van der Waals surface area contributed by atoms with Gasteiger partial charge in [0.05, 0.1) is 5.92 Å². The summed E-state index contributed by atoms with van der Waals surface area (Å²) in [4.78, 5) is 22.7. The van der Waals surface area contributed by atoms with Gasteiger partial charge in [0, 0.05) is 6.04 Å². The van der Waals surface area contributed by atoms with Gasteiger partial charge in [-0.25, -0.2) is 4.39 Å². The maximum Gasteiger partial charge on any atom is 0.308 e. The van der Waals surface area contributed by atoms with Crippen LogP contribution in [0.2, 0.25) is 0 Å². The number of amides is 1. The molecule has 0 heterocycles. The molecule has 1 aromatic rings. The van der Waals surface area contributed by atoms with Gasteiger partial charge >= 0.3 is 5.97 Å². The second-order valence-electron chi connectivity index (χ2n) is 4.77. The molecule has 5 nitrogen and oxygen atoms in total. The minimum Gasteiger partial charge on any atom is -0.481 e. The van der Waals surface area contributed by atoms with E-state index in [-0.39, 0.29) is 18.4 Å². The molecule has 1 aromatic carbocycles. The van der Waals surface area contributed by atoms with Crippen LogP contribution in [0.25, 0.3) is 0 Å². The van der Waals surface area contributed by atoms with Gasteiger partial charge in [-0.1, -0.05) is 18.6 Å². The predicted molar refractivity (Wildman–Crippen MR) is 68.8 cm³/mol. The maximum absolute atomic E-state index is 13.3. The van der Waals surface area contributed by atoms with Crippen LogP contribution in [0.15, 0.2) is 24.3 Å². The molecule has 0 aromatic heterocycles. The highest BCUT2D eigenvalue weighted by molar-refractivity contribution is 5.79. The van der Waals surface area contributed by atoms with Gasteiger partial charge < -0.3 is 15.2 Å². The maximum atomic E-state index is 13.3. The summed E-state index contributed by atoms with van der Waals surface area (Å²) in [6, 6.07) is 5.43. The lowest BCUT2D eigenvalue weighted by Crippen LogP contribution is -2.42. The number of nitrogens with one attached hydrogen (secondary N) is 1. The molecule has 0 saturated heterocycles. The first-order valence-corrected chi connectivity index (χ1v) is 6.47. The fourth-order valence-corrected chi connectivity index (χ4v) is 2.38. The summed E-state index contributed by atoms with van der Waals surface area (Å²) in [7, 11) is 0. The highest BCUT2D eigenvalue weighted by atomic mass is 19.1. The van der Waals surface area contributed by atoms with Crippen molar-refractivity contribution in [3.05, 3.63) is 30.1 Å². The molecule has 1 aliphatic rings. The lowest BCUT2D eigenvalue weighted by Gasteiger charge is -2.17. The molecule has 108 valence electrons. The fraction of sp³-hybridized carbons (Fsp3) is 0.429. The van der Waals surface area contributed by atoms with Crippen LogP contribution in [0.3, 0.4) is 0 Å². The normalized spacial score (nSPS) is 21.4. The average molecular weight is 281 g/mol. The predicted octanol–water partition coefficient (Wildman–Crippen LogP) is 1.57. The lowest BCUT2D eigenvalue weighted by molar-refractivity contribution is -0.142. The van der Waals surface area contributed by atoms with Gasteiger partial charge in [0.15, 0.2) is 18.2 Å². The Kier molecular flexibility index (Phi) is 4.55. The van der Waals surface area contributed by atoms with E-state index in [1.807, 2.05) is 0 Å². The second kappa shape index (κ2) is 6.36. The molecule has 0 bridgehead atoms. The van der Waals surface area contributed by atoms with E-state index in [1.54, 1.807) is 6.07 Å². The van der Waals surface area contributed by atoms with E-state index in [1.165, 1.54) is 18.2 Å². The van der Waals surface area contributed by atoms with Gasteiger partial charge in [0.2, 0.25) is 0 Å². The van der Waals surface area contributed by atoms with E-state index in [0.29, 0.717) is 12.8 Å². The number of ether oxygens (including phenoxy) is 1. The van der Waals surface area contributed by atoms with Crippen molar-refractivity contribution < 1.29 is 23.8 Å². The number of para-hydroxylation sites is 1. The molecule has 6 heteroatoms. The molecule has 1 fully saturated rings. The highest BCUT2D eigenvalue weighted by Crippen LogP contribution is 2.25. The van der Waals surface area contributed by atoms with Crippen LogP contribution < -0.4 is 10.1 Å². The van der Waals surface area contributed by atoms with Gasteiger partial charge in [-0.3, -0.25) is 9.59 Å².